The number of carboxylic acid groups (broad SMARTS) is 2. The number of benzene rings is 1. The summed E-state index contributed by atoms with van der Waals surface area (Å²) in [4.78, 5) is 20.6. The van der Waals surface area contributed by atoms with Crippen LogP contribution in [-0.4, -0.2) is 50.3 Å². The van der Waals surface area contributed by atoms with E-state index in [1.807, 2.05) is 19.1 Å². The van der Waals surface area contributed by atoms with Crippen molar-refractivity contribution < 1.29 is 24.9 Å². The van der Waals surface area contributed by atoms with E-state index in [-0.39, 0.29) is 5.41 Å². The van der Waals surface area contributed by atoms with Crippen LogP contribution in [0.3, 0.4) is 0 Å². The summed E-state index contributed by atoms with van der Waals surface area (Å²) >= 11 is 3.56. The Kier molecular flexibility index (Phi) is 36.1. The van der Waals surface area contributed by atoms with Crippen LogP contribution < -0.4 is 0 Å². The molecule has 0 aromatic heterocycles. The molecule has 0 spiro atoms. The monoisotopic (exact) mass is 713 g/mol. The van der Waals surface area contributed by atoms with Crippen LogP contribution in [0.1, 0.15) is 187 Å². The molecule has 1 aromatic carbocycles. The molecule has 7 heteroatoms. The fourth-order valence-electron chi connectivity index (χ4n) is 5.18. The molecule has 1 aromatic rings. The molecule has 0 atom stereocenters. The molecule has 0 saturated heterocycles. The van der Waals surface area contributed by atoms with Crippen molar-refractivity contribution >= 4 is 35.5 Å². The van der Waals surface area contributed by atoms with Crippen LogP contribution in [0, 0.1) is 6.92 Å². The Morgan fingerprint density at radius 1 is 0.562 bits per heavy atom. The fraction of sp³-hybridized carbons (Fsp3) is 0.805. The highest BCUT2D eigenvalue weighted by atomic mass is 32.2. The van der Waals surface area contributed by atoms with Gasteiger partial charge in [0.2, 0.25) is 0 Å². The Bertz CT molecular complexity index is 829. The molecule has 0 heterocycles. The topological polar surface area (TPSA) is 94.8 Å². The zero-order chi connectivity index (χ0) is 36.3. The average molecular weight is 713 g/mol. The van der Waals surface area contributed by atoms with Crippen LogP contribution in [-0.2, 0) is 15.0 Å². The Balaban J connectivity index is 0. The number of carbonyl (C=O) groups is 2. The Hall–Kier alpha value is -1.34. The molecule has 0 radical (unpaired) electrons. The molecule has 1 rings (SSSR count). The van der Waals surface area contributed by atoms with E-state index < -0.39 is 11.9 Å². The predicted octanol–water partition coefficient (Wildman–Crippen LogP) is 13.2. The molecule has 0 aliphatic rings. The van der Waals surface area contributed by atoms with Crippen LogP contribution in [0.15, 0.2) is 18.2 Å². The van der Waals surface area contributed by atoms with Gasteiger partial charge in [0, 0.05) is 11.5 Å². The first-order valence-corrected chi connectivity index (χ1v) is 21.7. The van der Waals surface area contributed by atoms with E-state index in [9.17, 15) is 14.7 Å². The van der Waals surface area contributed by atoms with Gasteiger partial charge in [-0.25, -0.2) is 0 Å². The third-order valence-corrected chi connectivity index (χ3v) is 10.3. The molecule has 5 nitrogen and oxygen atoms in total. The Morgan fingerprint density at radius 2 is 0.896 bits per heavy atom. The van der Waals surface area contributed by atoms with Gasteiger partial charge >= 0.3 is 11.9 Å². The standard InChI is InChI=1S/2C15H30O2S.C11H16O/c2*1-2-3-4-5-6-7-8-9-10-11-13-18-14-12-15(16)17;1-8-5-6-9(10(12)7-8)11(2,3)4/h2*2-14H2,1H3,(H,16,17);5-7,12H,1-4H3. The summed E-state index contributed by atoms with van der Waals surface area (Å²) in [5.41, 5.74) is 2.13. The van der Waals surface area contributed by atoms with Crippen molar-refractivity contribution in [3.05, 3.63) is 29.3 Å². The van der Waals surface area contributed by atoms with E-state index in [1.54, 1.807) is 29.6 Å². The first-order valence-electron chi connectivity index (χ1n) is 19.3. The van der Waals surface area contributed by atoms with E-state index in [0.29, 0.717) is 18.6 Å². The number of phenolic OH excluding ortho intramolecular Hbond substituents is 1. The van der Waals surface area contributed by atoms with Gasteiger partial charge in [-0.3, -0.25) is 9.59 Å². The summed E-state index contributed by atoms with van der Waals surface area (Å²) in [6, 6.07) is 5.82. The summed E-state index contributed by atoms with van der Waals surface area (Å²) in [6.45, 7) is 12.8. The maximum Gasteiger partial charge on any atom is 0.304 e. The van der Waals surface area contributed by atoms with Crippen molar-refractivity contribution in [3.8, 4) is 5.75 Å². The van der Waals surface area contributed by atoms with Crippen molar-refractivity contribution in [1.29, 1.82) is 0 Å². The second-order valence-electron chi connectivity index (χ2n) is 14.1. The lowest BCUT2D eigenvalue weighted by Crippen LogP contribution is -2.11. The van der Waals surface area contributed by atoms with Crippen LogP contribution in [0.25, 0.3) is 0 Å². The van der Waals surface area contributed by atoms with Crippen LogP contribution >= 0.6 is 23.5 Å². The minimum absolute atomic E-state index is 0.0256. The molecule has 0 saturated carbocycles. The van der Waals surface area contributed by atoms with Crippen LogP contribution in [0.5, 0.6) is 5.75 Å². The summed E-state index contributed by atoms with van der Waals surface area (Å²) in [6.07, 6.45) is 27.9. The maximum absolute atomic E-state index is 10.3. The smallest absolute Gasteiger partial charge is 0.304 e. The molecule has 0 aliphatic carbocycles. The summed E-state index contributed by atoms with van der Waals surface area (Å²) in [5, 5.41) is 26.6. The average Bonchev–Trinajstić information content (AvgIpc) is 3.01. The van der Waals surface area contributed by atoms with Gasteiger partial charge in [0.1, 0.15) is 5.75 Å². The lowest BCUT2D eigenvalue weighted by Gasteiger charge is -2.20. The molecule has 282 valence electrons. The number of aryl methyl sites for hydroxylation is 1. The second-order valence-corrected chi connectivity index (χ2v) is 16.6. The summed E-state index contributed by atoms with van der Waals surface area (Å²) in [7, 11) is 0. The SMILES string of the molecule is CCCCCCCCCCCCSCCC(=O)O.CCCCCCCCCCCCSCCC(=O)O.Cc1ccc(C(C)(C)C)c(O)c1. The van der Waals surface area contributed by atoms with E-state index in [4.69, 9.17) is 10.2 Å². The van der Waals surface area contributed by atoms with Gasteiger partial charge < -0.3 is 15.3 Å². The molecule has 0 bridgehead atoms. The van der Waals surface area contributed by atoms with Gasteiger partial charge in [-0.05, 0) is 53.9 Å². The number of phenols is 1. The van der Waals surface area contributed by atoms with Crippen LogP contribution in [0.2, 0.25) is 0 Å². The van der Waals surface area contributed by atoms with E-state index >= 15 is 0 Å². The predicted molar refractivity (Wildman–Crippen MR) is 214 cm³/mol. The highest BCUT2D eigenvalue weighted by Gasteiger charge is 2.17. The van der Waals surface area contributed by atoms with Gasteiger partial charge in [-0.2, -0.15) is 23.5 Å². The van der Waals surface area contributed by atoms with Crippen LogP contribution in [0.4, 0.5) is 0 Å². The Labute approximate surface area is 305 Å². The summed E-state index contributed by atoms with van der Waals surface area (Å²) < 4.78 is 0. The second kappa shape index (κ2) is 35.5. The number of rotatable bonds is 28. The van der Waals surface area contributed by atoms with Gasteiger partial charge in [-0.15, -0.1) is 0 Å². The van der Waals surface area contributed by atoms with Crippen molar-refractivity contribution in [2.75, 3.05) is 23.0 Å². The van der Waals surface area contributed by atoms with Gasteiger partial charge in [0.05, 0.1) is 12.8 Å². The summed E-state index contributed by atoms with van der Waals surface area (Å²) in [5.74, 6) is 2.85. The highest BCUT2D eigenvalue weighted by Crippen LogP contribution is 2.30. The number of hydrogen-bond acceptors (Lipinski definition) is 5. The van der Waals surface area contributed by atoms with E-state index in [1.165, 1.54) is 128 Å². The first-order chi connectivity index (χ1) is 22.9. The highest BCUT2D eigenvalue weighted by molar-refractivity contribution is 7.99. The quantitative estimate of drug-likeness (QED) is 0.0744. The van der Waals surface area contributed by atoms with Crippen molar-refractivity contribution in [3.63, 3.8) is 0 Å². The van der Waals surface area contributed by atoms with Crippen molar-refractivity contribution in [2.45, 2.75) is 188 Å². The third-order valence-electron chi connectivity index (χ3n) is 8.17. The minimum Gasteiger partial charge on any atom is -0.508 e. The van der Waals surface area contributed by atoms with Gasteiger partial charge in [0.15, 0.2) is 0 Å². The third kappa shape index (κ3) is 37.5. The van der Waals surface area contributed by atoms with Crippen molar-refractivity contribution in [2.24, 2.45) is 0 Å². The molecule has 3 N–H and O–H groups in total. The van der Waals surface area contributed by atoms with E-state index in [0.717, 1.165) is 34.1 Å². The molecule has 0 aliphatic heterocycles. The maximum atomic E-state index is 10.3. The lowest BCUT2D eigenvalue weighted by atomic mass is 9.86. The zero-order valence-corrected chi connectivity index (χ0v) is 33.7. The molecular weight excluding hydrogens is 637 g/mol. The first kappa shape index (κ1) is 48.8. The van der Waals surface area contributed by atoms with Gasteiger partial charge in [0.25, 0.3) is 0 Å². The molecule has 0 amide bonds. The fourth-order valence-corrected chi connectivity index (χ4v) is 7.04. The lowest BCUT2D eigenvalue weighted by molar-refractivity contribution is -0.137. The van der Waals surface area contributed by atoms with E-state index in [2.05, 4.69) is 34.6 Å². The number of thioether (sulfide) groups is 2. The molecule has 0 fully saturated rings. The number of unbranched alkanes of at least 4 members (excludes halogenated alkanes) is 18. The number of hydrogen-bond donors (Lipinski definition) is 3. The molecule has 48 heavy (non-hydrogen) atoms. The number of carboxylic acids is 2. The van der Waals surface area contributed by atoms with Crippen molar-refractivity contribution in [1.82, 2.24) is 0 Å². The molecular formula is C41H76O5S2. The number of aliphatic carboxylic acids is 2. The number of aromatic hydroxyl groups is 1. The normalized spacial score (nSPS) is 11.0. The minimum atomic E-state index is -0.675. The zero-order valence-electron chi connectivity index (χ0n) is 32.1. The molecule has 0 unspecified atom stereocenters. The largest absolute Gasteiger partial charge is 0.508 e. The van der Waals surface area contributed by atoms with Gasteiger partial charge in [-0.1, -0.05) is 162 Å². The Morgan fingerprint density at radius 3 is 1.19 bits per heavy atom.